The summed E-state index contributed by atoms with van der Waals surface area (Å²) in [5, 5.41) is 0. The highest BCUT2D eigenvalue weighted by Crippen LogP contribution is 2.23. The number of rotatable bonds is 3. The molecule has 1 saturated heterocycles. The average molecular weight is 407 g/mol. The van der Waals surface area contributed by atoms with E-state index in [0.29, 0.717) is 6.54 Å². The van der Waals surface area contributed by atoms with E-state index in [4.69, 9.17) is 9.40 Å². The Morgan fingerprint density at radius 3 is 2.84 bits per heavy atom. The molecular formula is C18H23BrN4O2. The number of furan rings is 1. The van der Waals surface area contributed by atoms with Gasteiger partial charge in [-0.05, 0) is 53.2 Å². The van der Waals surface area contributed by atoms with Crippen LogP contribution in [-0.4, -0.2) is 34.5 Å². The van der Waals surface area contributed by atoms with E-state index in [-0.39, 0.29) is 5.56 Å². The zero-order chi connectivity index (χ0) is 17.4. The lowest BCUT2D eigenvalue weighted by atomic mass is 9.99. The number of aromatic nitrogens is 2. The summed E-state index contributed by atoms with van der Waals surface area (Å²) in [5.41, 5.74) is 1.78. The van der Waals surface area contributed by atoms with Gasteiger partial charge < -0.3 is 9.32 Å². The summed E-state index contributed by atoms with van der Waals surface area (Å²) < 4.78 is 6.35. The number of piperidine rings is 1. The monoisotopic (exact) mass is 406 g/mol. The highest BCUT2D eigenvalue weighted by Gasteiger charge is 2.24. The standard InChI is InChI=1S/C18H23BrN4O2/c1-12-4-8-23(9-5-12)18-20-15-11-22(7-6-14(15)17(24)21-18)10-13-2-3-16(19)25-13/h2-3,12H,4-11H2,1H3,(H,20,21,24). The molecule has 0 unspecified atom stereocenters. The number of anilines is 1. The third kappa shape index (κ3) is 3.67. The van der Waals surface area contributed by atoms with Crippen molar-refractivity contribution in [1.29, 1.82) is 0 Å². The van der Waals surface area contributed by atoms with Gasteiger partial charge in [0.1, 0.15) is 5.76 Å². The van der Waals surface area contributed by atoms with Crippen LogP contribution >= 0.6 is 15.9 Å². The van der Waals surface area contributed by atoms with E-state index in [1.54, 1.807) is 0 Å². The molecule has 0 atom stereocenters. The normalized spacial score (nSPS) is 19.2. The predicted octanol–water partition coefficient (Wildman–Crippen LogP) is 2.92. The molecule has 0 aliphatic carbocycles. The maximum absolute atomic E-state index is 12.5. The molecule has 2 aliphatic rings. The molecule has 4 heterocycles. The maximum atomic E-state index is 12.5. The molecule has 2 aliphatic heterocycles. The molecule has 0 saturated carbocycles. The van der Waals surface area contributed by atoms with E-state index < -0.39 is 0 Å². The van der Waals surface area contributed by atoms with E-state index in [9.17, 15) is 4.79 Å². The van der Waals surface area contributed by atoms with Crippen molar-refractivity contribution < 1.29 is 4.42 Å². The average Bonchev–Trinajstić information content (AvgIpc) is 3.00. The van der Waals surface area contributed by atoms with E-state index in [1.165, 1.54) is 0 Å². The fourth-order valence-corrected chi connectivity index (χ4v) is 3.98. The largest absolute Gasteiger partial charge is 0.453 e. The van der Waals surface area contributed by atoms with Crippen molar-refractivity contribution in [3.8, 4) is 0 Å². The number of H-pyrrole nitrogens is 1. The molecule has 134 valence electrons. The molecule has 25 heavy (non-hydrogen) atoms. The number of halogens is 1. The van der Waals surface area contributed by atoms with Crippen LogP contribution in [0.2, 0.25) is 0 Å². The van der Waals surface area contributed by atoms with Gasteiger partial charge >= 0.3 is 0 Å². The molecule has 7 heteroatoms. The lowest BCUT2D eigenvalue weighted by Gasteiger charge is -2.32. The first-order chi connectivity index (χ1) is 12.1. The lowest BCUT2D eigenvalue weighted by Crippen LogP contribution is -2.39. The van der Waals surface area contributed by atoms with Crippen LogP contribution in [-0.2, 0) is 19.5 Å². The van der Waals surface area contributed by atoms with Gasteiger partial charge in [0.25, 0.3) is 5.56 Å². The molecule has 2 aromatic heterocycles. The van der Waals surface area contributed by atoms with Crippen LogP contribution in [0.3, 0.4) is 0 Å². The fourth-order valence-electron chi connectivity index (χ4n) is 3.64. The predicted molar refractivity (Wildman–Crippen MR) is 99.7 cm³/mol. The van der Waals surface area contributed by atoms with Gasteiger partial charge in [0.15, 0.2) is 4.67 Å². The molecule has 0 amide bonds. The first-order valence-electron chi connectivity index (χ1n) is 8.92. The van der Waals surface area contributed by atoms with Crippen LogP contribution < -0.4 is 10.5 Å². The summed E-state index contributed by atoms with van der Waals surface area (Å²) in [4.78, 5) is 24.8. The van der Waals surface area contributed by atoms with Gasteiger partial charge in [-0.25, -0.2) is 4.98 Å². The molecule has 2 aromatic rings. The Balaban J connectivity index is 1.53. The molecule has 0 bridgehead atoms. The zero-order valence-corrected chi connectivity index (χ0v) is 16.0. The second kappa shape index (κ2) is 6.96. The van der Waals surface area contributed by atoms with Crippen molar-refractivity contribution in [2.75, 3.05) is 24.5 Å². The quantitative estimate of drug-likeness (QED) is 0.848. The van der Waals surface area contributed by atoms with Crippen LogP contribution in [0.15, 0.2) is 26.0 Å². The van der Waals surface area contributed by atoms with Crippen molar-refractivity contribution in [3.63, 3.8) is 0 Å². The molecule has 0 radical (unpaired) electrons. The van der Waals surface area contributed by atoms with Crippen LogP contribution in [0.5, 0.6) is 0 Å². The van der Waals surface area contributed by atoms with Crippen molar-refractivity contribution in [3.05, 3.63) is 44.2 Å². The Kier molecular flexibility index (Phi) is 4.69. The van der Waals surface area contributed by atoms with Gasteiger partial charge in [0.2, 0.25) is 5.95 Å². The third-order valence-corrected chi connectivity index (χ3v) is 5.66. The van der Waals surface area contributed by atoms with Gasteiger partial charge in [-0.1, -0.05) is 6.92 Å². The second-order valence-corrected chi connectivity index (χ2v) is 7.93. The summed E-state index contributed by atoms with van der Waals surface area (Å²) in [5.74, 6) is 2.41. The Bertz CT molecular complexity index is 808. The van der Waals surface area contributed by atoms with Gasteiger partial charge in [0, 0.05) is 31.7 Å². The smallest absolute Gasteiger partial charge is 0.255 e. The topological polar surface area (TPSA) is 65.4 Å². The number of nitrogens with one attached hydrogen (secondary N) is 1. The molecule has 1 fully saturated rings. The fraction of sp³-hybridized carbons (Fsp3) is 0.556. The minimum absolute atomic E-state index is 0.0269. The van der Waals surface area contributed by atoms with Crippen molar-refractivity contribution in [1.82, 2.24) is 14.9 Å². The van der Waals surface area contributed by atoms with E-state index in [2.05, 4.69) is 37.6 Å². The maximum Gasteiger partial charge on any atom is 0.255 e. The molecule has 4 rings (SSSR count). The number of nitrogens with zero attached hydrogens (tertiary/aromatic N) is 3. The van der Waals surface area contributed by atoms with E-state index in [1.807, 2.05) is 12.1 Å². The van der Waals surface area contributed by atoms with Gasteiger partial charge in [-0.3, -0.25) is 14.7 Å². The van der Waals surface area contributed by atoms with Crippen LogP contribution in [0.1, 0.15) is 36.8 Å². The molecular weight excluding hydrogens is 384 g/mol. The van der Waals surface area contributed by atoms with Crippen molar-refractivity contribution in [2.45, 2.75) is 39.3 Å². The Hall–Kier alpha value is -1.60. The highest BCUT2D eigenvalue weighted by molar-refractivity contribution is 9.10. The van der Waals surface area contributed by atoms with Gasteiger partial charge in [-0.15, -0.1) is 0 Å². The minimum Gasteiger partial charge on any atom is -0.453 e. The molecule has 0 aromatic carbocycles. The summed E-state index contributed by atoms with van der Waals surface area (Å²) >= 11 is 3.34. The summed E-state index contributed by atoms with van der Waals surface area (Å²) in [7, 11) is 0. The molecule has 1 N–H and O–H groups in total. The summed E-state index contributed by atoms with van der Waals surface area (Å²) in [6.07, 6.45) is 3.04. The third-order valence-electron chi connectivity index (χ3n) is 5.23. The number of hydrogen-bond acceptors (Lipinski definition) is 5. The number of hydrogen-bond donors (Lipinski definition) is 1. The second-order valence-electron chi connectivity index (χ2n) is 7.15. The lowest BCUT2D eigenvalue weighted by molar-refractivity contribution is 0.220. The number of fused-ring (bicyclic) bond motifs is 1. The SMILES string of the molecule is CC1CCN(c2nc3c(c(=O)[nH]2)CCN(Cc2ccc(Br)o2)C3)CC1. The number of aromatic amines is 1. The van der Waals surface area contributed by atoms with Gasteiger partial charge in [-0.2, -0.15) is 0 Å². The first-order valence-corrected chi connectivity index (χ1v) is 9.71. The first kappa shape index (κ1) is 16.8. The van der Waals surface area contributed by atoms with Crippen LogP contribution in [0.4, 0.5) is 5.95 Å². The Morgan fingerprint density at radius 2 is 2.12 bits per heavy atom. The van der Waals surface area contributed by atoms with E-state index in [0.717, 1.165) is 79.0 Å². The van der Waals surface area contributed by atoms with Crippen LogP contribution in [0, 0.1) is 5.92 Å². The Labute approximate surface area is 155 Å². The van der Waals surface area contributed by atoms with Crippen molar-refractivity contribution >= 4 is 21.9 Å². The van der Waals surface area contributed by atoms with Crippen molar-refractivity contribution in [2.24, 2.45) is 5.92 Å². The molecule has 0 spiro atoms. The zero-order valence-electron chi connectivity index (χ0n) is 14.4. The summed E-state index contributed by atoms with van der Waals surface area (Å²) in [6.45, 7) is 6.48. The highest BCUT2D eigenvalue weighted by atomic mass is 79.9. The van der Waals surface area contributed by atoms with Gasteiger partial charge in [0.05, 0.1) is 12.2 Å². The minimum atomic E-state index is 0.0269. The van der Waals surface area contributed by atoms with E-state index >= 15 is 0 Å². The molecule has 6 nitrogen and oxygen atoms in total. The summed E-state index contributed by atoms with van der Waals surface area (Å²) in [6, 6.07) is 3.89. The Morgan fingerprint density at radius 1 is 1.32 bits per heavy atom. The van der Waals surface area contributed by atoms with Crippen LogP contribution in [0.25, 0.3) is 0 Å².